The van der Waals surface area contributed by atoms with Crippen LogP contribution in [-0.2, 0) is 25.7 Å². The van der Waals surface area contributed by atoms with Gasteiger partial charge in [0.1, 0.15) is 17.5 Å². The summed E-state index contributed by atoms with van der Waals surface area (Å²) < 4.78 is 7.52. The van der Waals surface area contributed by atoms with Crippen molar-refractivity contribution in [1.82, 2.24) is 34.6 Å². The van der Waals surface area contributed by atoms with E-state index in [1.54, 1.807) is 46.6 Å². The van der Waals surface area contributed by atoms with Crippen molar-refractivity contribution in [1.29, 1.82) is 0 Å². The van der Waals surface area contributed by atoms with Crippen LogP contribution in [0.5, 0.6) is 0 Å². The molecule has 308 valence electrons. The number of pyridine rings is 2. The Morgan fingerprint density at radius 2 is 1.76 bits per heavy atom. The SMILES string of the molecule is CC(=O)c1c(C)c2cnc(Nc3ccc(N4CCN(C(=O)CCOCCSc5cccc6c5CN(C5CCC(=O)NC5=O)C6=O)CC4)cn3)nc2n(C2CCCC2)c1=O. The molecule has 0 bridgehead atoms. The number of nitrogens with zero attached hydrogens (tertiary/aromatic N) is 7. The van der Waals surface area contributed by atoms with E-state index in [4.69, 9.17) is 9.72 Å². The molecule has 2 N–H and O–H groups in total. The summed E-state index contributed by atoms with van der Waals surface area (Å²) in [5.41, 5.74) is 3.42. The second-order valence-electron chi connectivity index (χ2n) is 15.4. The minimum Gasteiger partial charge on any atom is -0.380 e. The van der Waals surface area contributed by atoms with Crippen LogP contribution < -0.4 is 21.1 Å². The number of carbonyl (C=O) groups excluding carboxylic acids is 5. The second kappa shape index (κ2) is 17.3. The number of benzene rings is 1. The number of hydrogen-bond donors (Lipinski definition) is 2. The van der Waals surface area contributed by atoms with Gasteiger partial charge in [0, 0.05) is 73.0 Å². The van der Waals surface area contributed by atoms with Crippen molar-refractivity contribution in [2.75, 3.05) is 55.4 Å². The molecule has 3 aliphatic heterocycles. The monoisotopic (exact) mass is 821 g/mol. The number of aryl methyl sites for hydroxylation is 1. The molecule has 1 unspecified atom stereocenters. The molecule has 0 spiro atoms. The van der Waals surface area contributed by atoms with Crippen LogP contribution in [0.2, 0.25) is 0 Å². The number of fused-ring (bicyclic) bond motifs is 2. The number of hydrogen-bond acceptors (Lipinski definition) is 13. The van der Waals surface area contributed by atoms with Crippen LogP contribution in [-0.4, -0.2) is 110 Å². The minimum absolute atomic E-state index is 0.00935. The van der Waals surface area contributed by atoms with E-state index in [0.717, 1.165) is 41.8 Å². The highest BCUT2D eigenvalue weighted by Crippen LogP contribution is 2.35. The quantitative estimate of drug-likeness (QED) is 0.0848. The third kappa shape index (κ3) is 8.30. The number of amides is 4. The van der Waals surface area contributed by atoms with Crippen molar-refractivity contribution in [3.63, 3.8) is 0 Å². The lowest BCUT2D eigenvalue weighted by Crippen LogP contribution is -2.52. The zero-order valence-electron chi connectivity index (χ0n) is 33.2. The topological polar surface area (TPSA) is 189 Å². The molecular formula is C42H47N9O7S. The predicted molar refractivity (Wildman–Crippen MR) is 221 cm³/mol. The molecule has 3 aromatic heterocycles. The molecule has 8 rings (SSSR count). The van der Waals surface area contributed by atoms with Crippen LogP contribution in [0.25, 0.3) is 11.0 Å². The first-order valence-corrected chi connectivity index (χ1v) is 21.2. The zero-order chi connectivity index (χ0) is 41.2. The summed E-state index contributed by atoms with van der Waals surface area (Å²) in [7, 11) is 0. The Morgan fingerprint density at radius 1 is 0.966 bits per heavy atom. The maximum Gasteiger partial charge on any atom is 0.263 e. The molecule has 4 amide bonds. The van der Waals surface area contributed by atoms with Crippen LogP contribution in [0.4, 0.5) is 17.5 Å². The number of nitrogens with one attached hydrogen (secondary N) is 2. The van der Waals surface area contributed by atoms with E-state index >= 15 is 0 Å². The Balaban J connectivity index is 0.784. The van der Waals surface area contributed by atoms with Crippen LogP contribution in [0.1, 0.15) is 89.8 Å². The van der Waals surface area contributed by atoms with Gasteiger partial charge in [0.15, 0.2) is 5.78 Å². The third-order valence-corrected chi connectivity index (χ3v) is 12.8. The van der Waals surface area contributed by atoms with Gasteiger partial charge in [0.25, 0.3) is 11.5 Å². The van der Waals surface area contributed by atoms with Crippen molar-refractivity contribution in [2.24, 2.45) is 0 Å². The lowest BCUT2D eigenvalue weighted by atomic mass is 10.0. The van der Waals surface area contributed by atoms with E-state index in [-0.39, 0.29) is 53.5 Å². The fourth-order valence-corrected chi connectivity index (χ4v) is 9.55. The smallest absolute Gasteiger partial charge is 0.263 e. The standard InChI is InChI=1S/C42H47N9O7S/c1-25-30-23-44-42(47-38(30)51(27-6-3-4-7-27)41(57)37(25)26(2)52)45-34-12-10-28(22-43-34)48-15-17-49(18-16-48)36(54)14-19-58-20-21-59-33-9-5-8-29-31(33)24-50(40(29)56)32-11-13-35(53)46-39(32)55/h5,8-10,12,22-23,27,32H,3-4,6-7,11,13-21,24H2,1-2H3,(H,46,53,55)(H,43,44,45,47). The molecule has 2 saturated heterocycles. The van der Waals surface area contributed by atoms with Gasteiger partial charge >= 0.3 is 0 Å². The first-order chi connectivity index (χ1) is 28.6. The highest BCUT2D eigenvalue weighted by molar-refractivity contribution is 7.99. The van der Waals surface area contributed by atoms with E-state index in [9.17, 15) is 28.8 Å². The van der Waals surface area contributed by atoms with Gasteiger partial charge in [0.05, 0.1) is 37.1 Å². The first kappa shape index (κ1) is 40.1. The summed E-state index contributed by atoms with van der Waals surface area (Å²) in [4.78, 5) is 96.6. The summed E-state index contributed by atoms with van der Waals surface area (Å²) in [6.07, 6.45) is 8.05. The van der Waals surface area contributed by atoms with E-state index in [1.807, 2.05) is 29.2 Å². The van der Waals surface area contributed by atoms with Gasteiger partial charge in [-0.15, -0.1) is 11.8 Å². The van der Waals surface area contributed by atoms with Gasteiger partial charge in [0.2, 0.25) is 23.7 Å². The molecule has 0 radical (unpaired) electrons. The van der Waals surface area contributed by atoms with Gasteiger partial charge in [-0.3, -0.25) is 38.7 Å². The number of rotatable bonds is 13. The van der Waals surface area contributed by atoms with E-state index in [0.29, 0.717) is 92.0 Å². The molecule has 6 heterocycles. The Morgan fingerprint density at radius 3 is 2.49 bits per heavy atom. The molecule has 59 heavy (non-hydrogen) atoms. The van der Waals surface area contributed by atoms with Crippen LogP contribution >= 0.6 is 11.8 Å². The summed E-state index contributed by atoms with van der Waals surface area (Å²) in [6, 6.07) is 8.73. The number of piperidine rings is 1. The molecular weight excluding hydrogens is 775 g/mol. The Kier molecular flexibility index (Phi) is 11.7. The van der Waals surface area contributed by atoms with Gasteiger partial charge in [-0.2, -0.15) is 4.98 Å². The van der Waals surface area contributed by atoms with Crippen LogP contribution in [0.3, 0.4) is 0 Å². The number of aromatic nitrogens is 4. The van der Waals surface area contributed by atoms with Gasteiger partial charge < -0.3 is 24.8 Å². The number of imide groups is 1. The normalized spacial score (nSPS) is 18.4. The average Bonchev–Trinajstić information content (AvgIpc) is 3.88. The molecule has 4 aliphatic rings. The summed E-state index contributed by atoms with van der Waals surface area (Å²) in [5, 5.41) is 6.20. The second-order valence-corrected chi connectivity index (χ2v) is 16.5. The number of thioether (sulfide) groups is 1. The van der Waals surface area contributed by atoms with Crippen LogP contribution in [0.15, 0.2) is 52.4 Å². The average molecular weight is 822 g/mol. The van der Waals surface area contributed by atoms with E-state index in [2.05, 4.69) is 25.5 Å². The van der Waals surface area contributed by atoms with Crippen molar-refractivity contribution < 1.29 is 28.7 Å². The number of carbonyl (C=O) groups is 5. The highest BCUT2D eigenvalue weighted by atomic mass is 32.2. The van der Waals surface area contributed by atoms with Crippen molar-refractivity contribution in [2.45, 2.75) is 82.3 Å². The lowest BCUT2D eigenvalue weighted by Gasteiger charge is -2.36. The number of piperazine rings is 1. The van der Waals surface area contributed by atoms with Gasteiger partial charge in [-0.1, -0.05) is 18.9 Å². The van der Waals surface area contributed by atoms with Crippen molar-refractivity contribution in [3.05, 3.63) is 75.3 Å². The Bertz CT molecular complexity index is 2370. The summed E-state index contributed by atoms with van der Waals surface area (Å²) in [5.74, 6) is 0.352. The Hall–Kier alpha value is -5.68. The molecule has 4 aromatic rings. The third-order valence-electron chi connectivity index (χ3n) is 11.7. The van der Waals surface area contributed by atoms with Crippen molar-refractivity contribution >= 4 is 69.7 Å². The summed E-state index contributed by atoms with van der Waals surface area (Å²) in [6.45, 7) is 6.77. The maximum atomic E-state index is 13.6. The van der Waals surface area contributed by atoms with Crippen LogP contribution in [0, 0.1) is 6.92 Å². The zero-order valence-corrected chi connectivity index (χ0v) is 34.0. The first-order valence-electron chi connectivity index (χ1n) is 20.2. The predicted octanol–water partition coefficient (Wildman–Crippen LogP) is 4.16. The molecule has 1 atom stereocenters. The Labute approximate surface area is 345 Å². The van der Waals surface area contributed by atoms with Crippen molar-refractivity contribution in [3.8, 4) is 0 Å². The van der Waals surface area contributed by atoms with E-state index in [1.165, 1.54) is 6.92 Å². The fourth-order valence-electron chi connectivity index (χ4n) is 8.61. The minimum atomic E-state index is -0.652. The lowest BCUT2D eigenvalue weighted by molar-refractivity contribution is -0.137. The summed E-state index contributed by atoms with van der Waals surface area (Å²) >= 11 is 1.58. The fraction of sp³-hybridized carbons (Fsp3) is 0.452. The van der Waals surface area contributed by atoms with E-state index < -0.39 is 11.9 Å². The molecule has 16 nitrogen and oxygen atoms in total. The highest BCUT2D eigenvalue weighted by Gasteiger charge is 2.40. The molecule has 17 heteroatoms. The molecule has 1 aromatic carbocycles. The number of anilines is 3. The number of ketones is 1. The number of ether oxygens (including phenoxy) is 1. The molecule has 1 aliphatic carbocycles. The molecule has 3 fully saturated rings. The van der Waals surface area contributed by atoms with Gasteiger partial charge in [-0.25, -0.2) is 9.97 Å². The largest absolute Gasteiger partial charge is 0.380 e. The molecule has 1 saturated carbocycles. The number of Topliss-reactive ketones (excluding diaryl/α,β-unsaturated/α-hetero) is 1. The maximum absolute atomic E-state index is 13.6. The van der Waals surface area contributed by atoms with Gasteiger partial charge in [-0.05, 0) is 68.5 Å².